The molecule has 0 radical (unpaired) electrons. The first kappa shape index (κ1) is 21.9. The summed E-state index contributed by atoms with van der Waals surface area (Å²) in [6.45, 7) is 3.75. The third-order valence-corrected chi connectivity index (χ3v) is 4.63. The second-order valence-electron chi connectivity index (χ2n) is 7.20. The number of nitrogens with one attached hydrogen (secondary N) is 1. The molecule has 2 aromatic carbocycles. The highest BCUT2D eigenvalue weighted by atomic mass is 19.1. The smallest absolute Gasteiger partial charge is 0.322 e. The molecular formula is C23H27FN4O3. The summed E-state index contributed by atoms with van der Waals surface area (Å²) >= 11 is 0. The molecule has 0 aliphatic carbocycles. The summed E-state index contributed by atoms with van der Waals surface area (Å²) in [6, 6.07) is 15.4. The summed E-state index contributed by atoms with van der Waals surface area (Å²) in [4.78, 5) is 34.3. The molecule has 0 bridgehead atoms. The van der Waals surface area contributed by atoms with Gasteiger partial charge in [-0.15, -0.1) is 0 Å². The number of benzene rings is 2. The van der Waals surface area contributed by atoms with Crippen molar-refractivity contribution in [1.82, 2.24) is 14.9 Å². The van der Waals surface area contributed by atoms with Gasteiger partial charge in [-0.3, -0.25) is 9.59 Å². The molecule has 8 heteroatoms. The molecule has 0 saturated heterocycles. The summed E-state index contributed by atoms with van der Waals surface area (Å²) in [6.07, 6.45) is 1.31. The Morgan fingerprint density at radius 2 is 1.81 bits per heavy atom. The van der Waals surface area contributed by atoms with Gasteiger partial charge in [0.1, 0.15) is 12.4 Å². The Bertz CT molecular complexity index is 1080. The highest BCUT2D eigenvalue weighted by Gasteiger charge is 2.25. The molecule has 1 amide bonds. The lowest BCUT2D eigenvalue weighted by molar-refractivity contribution is -0.134. The molecule has 0 spiro atoms. The SMILES string of the molecule is CC(C)N(Cc1ccccc1)C(=O)c1cnc(NCC(=O)O)nc1-c1ccccc1F.[HH].[HH]. The predicted octanol–water partition coefficient (Wildman–Crippen LogP) is 4.32. The van der Waals surface area contributed by atoms with Crippen LogP contribution >= 0.6 is 0 Å². The van der Waals surface area contributed by atoms with E-state index in [0.29, 0.717) is 6.54 Å². The van der Waals surface area contributed by atoms with Crippen LogP contribution in [0.4, 0.5) is 10.3 Å². The number of carbonyl (C=O) groups excluding carboxylic acids is 1. The predicted molar refractivity (Wildman–Crippen MR) is 119 cm³/mol. The Hall–Kier alpha value is -3.81. The van der Waals surface area contributed by atoms with E-state index < -0.39 is 18.3 Å². The number of aliphatic carboxylic acids is 1. The van der Waals surface area contributed by atoms with Gasteiger partial charge < -0.3 is 15.3 Å². The molecule has 0 fully saturated rings. The summed E-state index contributed by atoms with van der Waals surface area (Å²) in [5.41, 5.74) is 1.33. The van der Waals surface area contributed by atoms with Crippen molar-refractivity contribution in [2.75, 3.05) is 11.9 Å². The molecular weight excluding hydrogens is 399 g/mol. The van der Waals surface area contributed by atoms with E-state index in [9.17, 15) is 14.0 Å². The zero-order chi connectivity index (χ0) is 22.4. The van der Waals surface area contributed by atoms with Crippen LogP contribution in [0.15, 0.2) is 60.8 Å². The number of rotatable bonds is 8. The van der Waals surface area contributed by atoms with E-state index in [4.69, 9.17) is 5.11 Å². The largest absolute Gasteiger partial charge is 0.480 e. The molecule has 2 N–H and O–H groups in total. The second-order valence-corrected chi connectivity index (χ2v) is 7.20. The van der Waals surface area contributed by atoms with Crippen molar-refractivity contribution in [3.63, 3.8) is 0 Å². The Morgan fingerprint density at radius 3 is 2.45 bits per heavy atom. The van der Waals surface area contributed by atoms with Crippen LogP contribution in [0.2, 0.25) is 0 Å². The van der Waals surface area contributed by atoms with Crippen molar-refractivity contribution in [2.45, 2.75) is 26.4 Å². The minimum Gasteiger partial charge on any atom is -0.480 e. The summed E-state index contributed by atoms with van der Waals surface area (Å²) in [7, 11) is 0. The van der Waals surface area contributed by atoms with Gasteiger partial charge in [-0.2, -0.15) is 0 Å². The van der Waals surface area contributed by atoms with E-state index in [0.717, 1.165) is 5.56 Å². The first-order valence-electron chi connectivity index (χ1n) is 9.79. The number of carbonyl (C=O) groups is 2. The fourth-order valence-electron chi connectivity index (χ4n) is 3.06. The Kier molecular flexibility index (Phi) is 6.92. The van der Waals surface area contributed by atoms with Gasteiger partial charge >= 0.3 is 5.97 Å². The first-order valence-corrected chi connectivity index (χ1v) is 9.79. The molecule has 1 heterocycles. The third-order valence-electron chi connectivity index (χ3n) is 4.63. The van der Waals surface area contributed by atoms with Crippen molar-refractivity contribution in [3.8, 4) is 11.3 Å². The van der Waals surface area contributed by atoms with Gasteiger partial charge in [-0.05, 0) is 31.5 Å². The zero-order valence-electron chi connectivity index (χ0n) is 17.2. The molecule has 31 heavy (non-hydrogen) atoms. The number of carboxylic acid groups (broad SMARTS) is 1. The van der Waals surface area contributed by atoms with Crippen LogP contribution in [0.25, 0.3) is 11.3 Å². The average Bonchev–Trinajstić information content (AvgIpc) is 2.76. The zero-order valence-corrected chi connectivity index (χ0v) is 17.2. The lowest BCUT2D eigenvalue weighted by Crippen LogP contribution is -2.37. The van der Waals surface area contributed by atoms with Gasteiger partial charge in [0.05, 0.1) is 11.3 Å². The van der Waals surface area contributed by atoms with Crippen LogP contribution in [-0.4, -0.2) is 44.4 Å². The van der Waals surface area contributed by atoms with Crippen molar-refractivity contribution in [3.05, 3.63) is 77.7 Å². The Balaban J connectivity index is 0.00000272. The van der Waals surface area contributed by atoms with Gasteiger partial charge in [0.2, 0.25) is 5.95 Å². The topological polar surface area (TPSA) is 95.4 Å². The molecule has 3 rings (SSSR count). The second kappa shape index (κ2) is 9.80. The maximum absolute atomic E-state index is 14.6. The fraction of sp³-hybridized carbons (Fsp3) is 0.217. The average molecular weight is 426 g/mol. The van der Waals surface area contributed by atoms with Crippen LogP contribution < -0.4 is 5.32 Å². The fourth-order valence-corrected chi connectivity index (χ4v) is 3.06. The van der Waals surface area contributed by atoms with E-state index in [1.807, 2.05) is 44.2 Å². The third kappa shape index (κ3) is 5.42. The highest BCUT2D eigenvalue weighted by molar-refractivity contribution is 6.00. The number of halogens is 1. The van der Waals surface area contributed by atoms with Crippen LogP contribution in [-0.2, 0) is 11.3 Å². The van der Waals surface area contributed by atoms with Crippen molar-refractivity contribution in [1.29, 1.82) is 0 Å². The van der Waals surface area contributed by atoms with Gasteiger partial charge in [-0.25, -0.2) is 14.4 Å². The number of carboxylic acids is 1. The maximum Gasteiger partial charge on any atom is 0.322 e. The summed E-state index contributed by atoms with van der Waals surface area (Å²) in [5.74, 6) is -1.98. The Labute approximate surface area is 182 Å². The normalized spacial score (nSPS) is 10.7. The van der Waals surface area contributed by atoms with Crippen molar-refractivity contribution < 1.29 is 21.9 Å². The number of hydrogen-bond acceptors (Lipinski definition) is 5. The number of aromatic nitrogens is 2. The molecule has 0 aliphatic heterocycles. The highest BCUT2D eigenvalue weighted by Crippen LogP contribution is 2.27. The molecule has 0 saturated carbocycles. The summed E-state index contributed by atoms with van der Waals surface area (Å²) in [5, 5.41) is 11.4. The van der Waals surface area contributed by atoms with E-state index >= 15 is 0 Å². The molecule has 3 aromatic rings. The first-order chi connectivity index (χ1) is 14.9. The lowest BCUT2D eigenvalue weighted by atomic mass is 10.0. The van der Waals surface area contributed by atoms with E-state index in [1.54, 1.807) is 17.0 Å². The minimum absolute atomic E-state index is 0. The number of nitrogens with zero attached hydrogens (tertiary/aromatic N) is 3. The van der Waals surface area contributed by atoms with Gasteiger partial charge in [0.25, 0.3) is 5.91 Å². The van der Waals surface area contributed by atoms with Crippen LogP contribution in [0.1, 0.15) is 32.6 Å². The molecule has 0 aliphatic rings. The van der Waals surface area contributed by atoms with E-state index in [1.165, 1.54) is 18.3 Å². The molecule has 164 valence electrons. The van der Waals surface area contributed by atoms with Gasteiger partial charge in [-0.1, -0.05) is 42.5 Å². The number of hydrogen-bond donors (Lipinski definition) is 2. The molecule has 7 nitrogen and oxygen atoms in total. The number of anilines is 1. The van der Waals surface area contributed by atoms with E-state index in [2.05, 4.69) is 15.3 Å². The van der Waals surface area contributed by atoms with E-state index in [-0.39, 0.29) is 37.6 Å². The van der Waals surface area contributed by atoms with Crippen molar-refractivity contribution in [2.24, 2.45) is 0 Å². The summed E-state index contributed by atoms with van der Waals surface area (Å²) < 4.78 is 14.6. The standard InChI is InChI=1S/C23H23FN4O3.2H2/c1-15(2)28(14-16-8-4-3-5-9-16)22(31)18-12-25-23(26-13-20(29)30)27-21(18)17-10-6-7-11-19(17)24;;/h3-12,15H,13-14H2,1-2H3,(H,29,30)(H,25,26,27);2*1H. The van der Waals surface area contributed by atoms with Crippen LogP contribution in [0.3, 0.4) is 0 Å². The molecule has 0 unspecified atom stereocenters. The minimum atomic E-state index is -1.09. The quantitative estimate of drug-likeness (QED) is 0.557. The molecule has 1 aromatic heterocycles. The monoisotopic (exact) mass is 426 g/mol. The van der Waals surface area contributed by atoms with Crippen LogP contribution in [0.5, 0.6) is 0 Å². The van der Waals surface area contributed by atoms with Gasteiger partial charge in [0.15, 0.2) is 0 Å². The molecule has 0 atom stereocenters. The van der Waals surface area contributed by atoms with Gasteiger partial charge in [0, 0.05) is 27.2 Å². The lowest BCUT2D eigenvalue weighted by Gasteiger charge is -2.27. The maximum atomic E-state index is 14.6. The Morgan fingerprint density at radius 1 is 1.13 bits per heavy atom. The number of amides is 1. The van der Waals surface area contributed by atoms with Crippen molar-refractivity contribution >= 4 is 17.8 Å². The van der Waals surface area contributed by atoms with Crippen LogP contribution in [0, 0.1) is 5.82 Å².